The molecule has 0 radical (unpaired) electrons. The molecule has 1 aromatic carbocycles. The Bertz CT molecular complexity index is 530. The summed E-state index contributed by atoms with van der Waals surface area (Å²) < 4.78 is 10.7. The van der Waals surface area contributed by atoms with E-state index in [2.05, 4.69) is 17.1 Å². The first-order chi connectivity index (χ1) is 9.85. The second kappa shape index (κ2) is 8.37. The van der Waals surface area contributed by atoms with Crippen molar-refractivity contribution < 1.29 is 9.47 Å². The molecule has 0 fully saturated rings. The first-order valence-corrected chi connectivity index (χ1v) is 7.92. The maximum Gasteiger partial charge on any atom is 0.124 e. The molecular weight excluding hydrogens is 294 g/mol. The number of ether oxygens (including phenoxy) is 2. The van der Waals surface area contributed by atoms with Crippen LogP contribution in [0.3, 0.4) is 0 Å². The van der Waals surface area contributed by atoms with Crippen molar-refractivity contribution in [2.75, 3.05) is 20.3 Å². The number of methoxy groups -OCH3 is 1. The van der Waals surface area contributed by atoms with Crippen LogP contribution in [0.5, 0.6) is 0 Å². The first-order valence-electron chi connectivity index (χ1n) is 6.50. The fraction of sp³-hybridized carbons (Fsp3) is 0.400. The van der Waals surface area contributed by atoms with Crippen molar-refractivity contribution >= 4 is 22.9 Å². The van der Waals surface area contributed by atoms with E-state index in [-0.39, 0.29) is 0 Å². The van der Waals surface area contributed by atoms with E-state index in [0.29, 0.717) is 19.1 Å². The summed E-state index contributed by atoms with van der Waals surface area (Å²) in [6, 6.07) is 8.19. The lowest BCUT2D eigenvalue weighted by Gasteiger charge is -2.08. The third-order valence-corrected chi connectivity index (χ3v) is 4.03. The number of halogens is 1. The third kappa shape index (κ3) is 4.28. The average Bonchev–Trinajstić information content (AvgIpc) is 2.96. The van der Waals surface area contributed by atoms with E-state index < -0.39 is 0 Å². The van der Waals surface area contributed by atoms with Crippen LogP contribution in [-0.2, 0) is 22.0 Å². The van der Waals surface area contributed by atoms with Crippen LogP contribution >= 0.6 is 22.9 Å². The maximum atomic E-state index is 5.81. The molecule has 0 N–H and O–H groups in total. The second-order valence-electron chi connectivity index (χ2n) is 4.33. The van der Waals surface area contributed by atoms with Gasteiger partial charge in [0, 0.05) is 31.3 Å². The summed E-state index contributed by atoms with van der Waals surface area (Å²) in [7, 11) is 1.70. The molecule has 0 aliphatic rings. The Kier molecular flexibility index (Phi) is 6.47. The SMILES string of the molecule is COCCCOCc1ccccc1-c1nc(CCl)cs1. The van der Waals surface area contributed by atoms with Crippen molar-refractivity contribution in [2.45, 2.75) is 18.9 Å². The Morgan fingerprint density at radius 3 is 2.85 bits per heavy atom. The Hall–Kier alpha value is -0.940. The molecule has 20 heavy (non-hydrogen) atoms. The lowest BCUT2D eigenvalue weighted by atomic mass is 10.1. The van der Waals surface area contributed by atoms with Gasteiger partial charge in [0.25, 0.3) is 0 Å². The van der Waals surface area contributed by atoms with E-state index in [1.165, 1.54) is 0 Å². The number of hydrogen-bond donors (Lipinski definition) is 0. The van der Waals surface area contributed by atoms with Crippen molar-refractivity contribution in [3.05, 3.63) is 40.9 Å². The van der Waals surface area contributed by atoms with Crippen LogP contribution in [0.2, 0.25) is 0 Å². The predicted molar refractivity (Wildman–Crippen MR) is 83.3 cm³/mol. The topological polar surface area (TPSA) is 31.4 Å². The van der Waals surface area contributed by atoms with Crippen LogP contribution in [0.1, 0.15) is 17.7 Å². The van der Waals surface area contributed by atoms with Crippen LogP contribution in [0.25, 0.3) is 10.6 Å². The summed E-state index contributed by atoms with van der Waals surface area (Å²) in [6.45, 7) is 2.02. The van der Waals surface area contributed by atoms with E-state index in [9.17, 15) is 0 Å². The van der Waals surface area contributed by atoms with Gasteiger partial charge in [-0.1, -0.05) is 24.3 Å². The molecule has 2 rings (SSSR count). The van der Waals surface area contributed by atoms with Gasteiger partial charge >= 0.3 is 0 Å². The van der Waals surface area contributed by atoms with Crippen LogP contribution in [0.15, 0.2) is 29.6 Å². The molecule has 0 aliphatic heterocycles. The molecule has 1 aromatic heterocycles. The lowest BCUT2D eigenvalue weighted by molar-refractivity contribution is 0.0931. The Morgan fingerprint density at radius 1 is 1.25 bits per heavy atom. The maximum absolute atomic E-state index is 5.81. The summed E-state index contributed by atoms with van der Waals surface area (Å²) in [5, 5.41) is 3.00. The van der Waals surface area contributed by atoms with Crippen molar-refractivity contribution in [1.82, 2.24) is 4.98 Å². The largest absolute Gasteiger partial charge is 0.385 e. The van der Waals surface area contributed by atoms with Gasteiger partial charge in [0.1, 0.15) is 5.01 Å². The number of hydrogen-bond acceptors (Lipinski definition) is 4. The van der Waals surface area contributed by atoms with Gasteiger partial charge in [0.05, 0.1) is 18.2 Å². The highest BCUT2D eigenvalue weighted by Gasteiger charge is 2.09. The summed E-state index contributed by atoms with van der Waals surface area (Å²) in [6.07, 6.45) is 0.909. The molecule has 0 spiro atoms. The minimum Gasteiger partial charge on any atom is -0.385 e. The van der Waals surface area contributed by atoms with Crippen LogP contribution in [0, 0.1) is 0 Å². The van der Waals surface area contributed by atoms with Gasteiger partial charge in [0.2, 0.25) is 0 Å². The molecule has 1 heterocycles. The summed E-state index contributed by atoms with van der Waals surface area (Å²) >= 11 is 7.42. The second-order valence-corrected chi connectivity index (χ2v) is 5.46. The van der Waals surface area contributed by atoms with Crippen LogP contribution < -0.4 is 0 Å². The van der Waals surface area contributed by atoms with Gasteiger partial charge in [-0.15, -0.1) is 22.9 Å². The number of nitrogens with zero attached hydrogens (tertiary/aromatic N) is 1. The van der Waals surface area contributed by atoms with Gasteiger partial charge < -0.3 is 9.47 Å². The minimum absolute atomic E-state index is 0.451. The fourth-order valence-electron chi connectivity index (χ4n) is 1.83. The molecule has 5 heteroatoms. The molecule has 0 atom stereocenters. The normalized spacial score (nSPS) is 10.9. The summed E-state index contributed by atoms with van der Waals surface area (Å²) in [5.74, 6) is 0.451. The van der Waals surface area contributed by atoms with Crippen molar-refractivity contribution in [3.63, 3.8) is 0 Å². The average molecular weight is 312 g/mol. The zero-order chi connectivity index (χ0) is 14.2. The van der Waals surface area contributed by atoms with E-state index in [0.717, 1.165) is 34.9 Å². The highest BCUT2D eigenvalue weighted by Crippen LogP contribution is 2.28. The van der Waals surface area contributed by atoms with Crippen LogP contribution in [-0.4, -0.2) is 25.3 Å². The molecule has 0 unspecified atom stereocenters. The first kappa shape index (κ1) is 15.4. The standard InChI is InChI=1S/C15H18ClNO2S/c1-18-7-4-8-19-10-12-5-2-3-6-14(12)15-17-13(9-16)11-20-15/h2-3,5-6,11H,4,7-10H2,1H3. The smallest absolute Gasteiger partial charge is 0.124 e. The Morgan fingerprint density at radius 2 is 2.10 bits per heavy atom. The zero-order valence-corrected chi connectivity index (χ0v) is 13.0. The molecule has 0 bridgehead atoms. The monoisotopic (exact) mass is 311 g/mol. The van der Waals surface area contributed by atoms with Crippen molar-refractivity contribution in [1.29, 1.82) is 0 Å². The fourth-order valence-corrected chi connectivity index (χ4v) is 2.94. The molecule has 3 nitrogen and oxygen atoms in total. The highest BCUT2D eigenvalue weighted by molar-refractivity contribution is 7.13. The van der Waals surface area contributed by atoms with Crippen molar-refractivity contribution in [3.8, 4) is 10.6 Å². The molecule has 2 aromatic rings. The Labute approximate surface area is 128 Å². The van der Waals surface area contributed by atoms with E-state index in [1.54, 1.807) is 18.4 Å². The zero-order valence-electron chi connectivity index (χ0n) is 11.5. The van der Waals surface area contributed by atoms with Gasteiger partial charge in [-0.25, -0.2) is 4.98 Å². The molecule has 0 saturated carbocycles. The predicted octanol–water partition coefficient (Wildman–Crippen LogP) is 4.10. The molecular formula is C15H18ClNO2S. The number of alkyl halides is 1. The van der Waals surface area contributed by atoms with Gasteiger partial charge in [0.15, 0.2) is 0 Å². The number of thiazole rings is 1. The summed E-state index contributed by atoms with van der Waals surface area (Å²) in [4.78, 5) is 4.53. The molecule has 0 aliphatic carbocycles. The van der Waals surface area contributed by atoms with Crippen LogP contribution in [0.4, 0.5) is 0 Å². The lowest BCUT2D eigenvalue weighted by Crippen LogP contribution is -2.00. The Balaban J connectivity index is 2.02. The van der Waals surface area contributed by atoms with E-state index in [4.69, 9.17) is 21.1 Å². The molecule has 108 valence electrons. The van der Waals surface area contributed by atoms with Gasteiger partial charge in [-0.3, -0.25) is 0 Å². The van der Waals surface area contributed by atoms with E-state index >= 15 is 0 Å². The number of benzene rings is 1. The quantitative estimate of drug-likeness (QED) is 0.543. The highest BCUT2D eigenvalue weighted by atomic mass is 35.5. The van der Waals surface area contributed by atoms with Crippen molar-refractivity contribution in [2.24, 2.45) is 0 Å². The number of rotatable bonds is 8. The molecule has 0 saturated heterocycles. The minimum atomic E-state index is 0.451. The van der Waals surface area contributed by atoms with E-state index in [1.807, 2.05) is 17.5 Å². The molecule has 0 amide bonds. The third-order valence-electron chi connectivity index (χ3n) is 2.83. The van der Waals surface area contributed by atoms with Gasteiger partial charge in [-0.05, 0) is 12.0 Å². The summed E-state index contributed by atoms with van der Waals surface area (Å²) in [5.41, 5.74) is 3.20. The van der Waals surface area contributed by atoms with Gasteiger partial charge in [-0.2, -0.15) is 0 Å². The number of aromatic nitrogens is 1.